The largest absolute Gasteiger partial charge is 0.355 e. The van der Waals surface area contributed by atoms with E-state index in [1.807, 2.05) is 26.8 Å². The van der Waals surface area contributed by atoms with Crippen molar-refractivity contribution in [3.05, 3.63) is 59.2 Å². The van der Waals surface area contributed by atoms with Crippen LogP contribution >= 0.6 is 0 Å². The summed E-state index contributed by atoms with van der Waals surface area (Å²) in [5.74, 6) is -0.799. The first kappa shape index (κ1) is 19.2. The number of carbonyl (C=O) groups is 3. The van der Waals surface area contributed by atoms with Gasteiger partial charge in [0.2, 0.25) is 5.91 Å². The third-order valence-electron chi connectivity index (χ3n) is 3.91. The van der Waals surface area contributed by atoms with Crippen molar-refractivity contribution in [1.29, 1.82) is 0 Å². The molecule has 0 fully saturated rings. The standard InChI is InChI=1S/C20H23N3O3/c1-12(2)18(24)22-15-10-8-14(9-11-15)19(25)23-16-7-5-6-13(3)17(16)20(26)21-4/h5-12H,1-4H3,(H,21,26)(H,22,24)(H,23,25). The third-order valence-corrected chi connectivity index (χ3v) is 3.91. The van der Waals surface area contributed by atoms with Crippen LogP contribution in [0.25, 0.3) is 0 Å². The predicted molar refractivity (Wildman–Crippen MR) is 102 cm³/mol. The Bertz CT molecular complexity index is 827. The lowest BCUT2D eigenvalue weighted by atomic mass is 10.1. The van der Waals surface area contributed by atoms with E-state index >= 15 is 0 Å². The predicted octanol–water partition coefficient (Wildman–Crippen LogP) is 3.20. The molecule has 0 atom stereocenters. The number of amides is 3. The molecule has 3 N–H and O–H groups in total. The minimum atomic E-state index is -0.331. The lowest BCUT2D eigenvalue weighted by Gasteiger charge is -2.13. The molecule has 0 unspecified atom stereocenters. The van der Waals surface area contributed by atoms with E-state index in [4.69, 9.17) is 0 Å². The van der Waals surface area contributed by atoms with Gasteiger partial charge in [-0.15, -0.1) is 0 Å². The summed E-state index contributed by atoms with van der Waals surface area (Å²) in [5, 5.41) is 8.13. The van der Waals surface area contributed by atoms with E-state index in [9.17, 15) is 14.4 Å². The van der Waals surface area contributed by atoms with Gasteiger partial charge in [-0.05, 0) is 42.8 Å². The maximum absolute atomic E-state index is 12.5. The summed E-state index contributed by atoms with van der Waals surface area (Å²) >= 11 is 0. The Morgan fingerprint density at radius 1 is 0.885 bits per heavy atom. The van der Waals surface area contributed by atoms with E-state index in [1.54, 1.807) is 43.4 Å². The van der Waals surface area contributed by atoms with Crippen LogP contribution in [0.5, 0.6) is 0 Å². The molecule has 6 nitrogen and oxygen atoms in total. The molecule has 136 valence electrons. The van der Waals surface area contributed by atoms with Crippen LogP contribution in [0.4, 0.5) is 11.4 Å². The van der Waals surface area contributed by atoms with E-state index in [0.717, 1.165) is 5.56 Å². The van der Waals surface area contributed by atoms with Gasteiger partial charge >= 0.3 is 0 Å². The van der Waals surface area contributed by atoms with Crippen LogP contribution in [0.2, 0.25) is 0 Å². The van der Waals surface area contributed by atoms with Crippen molar-refractivity contribution in [2.75, 3.05) is 17.7 Å². The van der Waals surface area contributed by atoms with Crippen LogP contribution in [0.15, 0.2) is 42.5 Å². The quantitative estimate of drug-likeness (QED) is 0.771. The van der Waals surface area contributed by atoms with Crippen molar-refractivity contribution >= 4 is 29.1 Å². The number of anilines is 2. The minimum absolute atomic E-state index is 0.0859. The van der Waals surface area contributed by atoms with Crippen LogP contribution in [0, 0.1) is 12.8 Å². The minimum Gasteiger partial charge on any atom is -0.355 e. The zero-order valence-corrected chi connectivity index (χ0v) is 15.3. The van der Waals surface area contributed by atoms with Gasteiger partial charge in [0, 0.05) is 24.2 Å². The fourth-order valence-corrected chi connectivity index (χ4v) is 2.38. The van der Waals surface area contributed by atoms with E-state index in [2.05, 4.69) is 16.0 Å². The first-order valence-corrected chi connectivity index (χ1v) is 8.37. The first-order chi connectivity index (χ1) is 12.3. The van der Waals surface area contributed by atoms with Gasteiger partial charge in [0.25, 0.3) is 11.8 Å². The van der Waals surface area contributed by atoms with Gasteiger partial charge < -0.3 is 16.0 Å². The number of benzene rings is 2. The molecule has 3 amide bonds. The Balaban J connectivity index is 2.17. The van der Waals surface area contributed by atoms with Crippen molar-refractivity contribution in [2.45, 2.75) is 20.8 Å². The highest BCUT2D eigenvalue weighted by molar-refractivity contribution is 6.09. The average Bonchev–Trinajstić information content (AvgIpc) is 2.61. The summed E-state index contributed by atoms with van der Waals surface area (Å²) in [5.41, 5.74) is 2.71. The highest BCUT2D eigenvalue weighted by Crippen LogP contribution is 2.21. The van der Waals surface area contributed by atoms with Crippen molar-refractivity contribution in [1.82, 2.24) is 5.32 Å². The second kappa shape index (κ2) is 8.29. The molecule has 0 saturated carbocycles. The molecule has 2 rings (SSSR count). The molecule has 2 aromatic rings. The van der Waals surface area contributed by atoms with E-state index < -0.39 is 0 Å². The zero-order valence-electron chi connectivity index (χ0n) is 15.3. The number of hydrogen-bond donors (Lipinski definition) is 3. The molecular weight excluding hydrogens is 330 g/mol. The molecule has 0 radical (unpaired) electrons. The van der Waals surface area contributed by atoms with Crippen molar-refractivity contribution < 1.29 is 14.4 Å². The Morgan fingerprint density at radius 3 is 2.12 bits per heavy atom. The monoisotopic (exact) mass is 353 g/mol. The molecule has 0 bridgehead atoms. The first-order valence-electron chi connectivity index (χ1n) is 8.37. The van der Waals surface area contributed by atoms with Crippen LogP contribution in [-0.2, 0) is 4.79 Å². The van der Waals surface area contributed by atoms with Crippen LogP contribution < -0.4 is 16.0 Å². The van der Waals surface area contributed by atoms with Crippen LogP contribution in [0.1, 0.15) is 40.1 Å². The average molecular weight is 353 g/mol. The fourth-order valence-electron chi connectivity index (χ4n) is 2.38. The second-order valence-corrected chi connectivity index (χ2v) is 6.25. The zero-order chi connectivity index (χ0) is 19.3. The maximum atomic E-state index is 12.5. The van der Waals surface area contributed by atoms with Gasteiger partial charge in [-0.1, -0.05) is 26.0 Å². The Labute approximate surface area is 153 Å². The summed E-state index contributed by atoms with van der Waals surface area (Å²) in [4.78, 5) is 36.3. The summed E-state index contributed by atoms with van der Waals surface area (Å²) < 4.78 is 0. The molecule has 6 heteroatoms. The fraction of sp³-hybridized carbons (Fsp3) is 0.250. The van der Waals surface area contributed by atoms with Gasteiger partial charge in [0.1, 0.15) is 0 Å². The van der Waals surface area contributed by atoms with E-state index in [1.165, 1.54) is 0 Å². The summed E-state index contributed by atoms with van der Waals surface area (Å²) in [6, 6.07) is 11.9. The summed E-state index contributed by atoms with van der Waals surface area (Å²) in [7, 11) is 1.55. The molecule has 0 aliphatic rings. The third kappa shape index (κ3) is 4.47. The van der Waals surface area contributed by atoms with Crippen molar-refractivity contribution in [3.63, 3.8) is 0 Å². The Kier molecular flexibility index (Phi) is 6.11. The Morgan fingerprint density at radius 2 is 1.54 bits per heavy atom. The maximum Gasteiger partial charge on any atom is 0.255 e. The molecule has 0 aliphatic heterocycles. The van der Waals surface area contributed by atoms with E-state index in [-0.39, 0.29) is 23.6 Å². The number of rotatable bonds is 5. The van der Waals surface area contributed by atoms with E-state index in [0.29, 0.717) is 22.5 Å². The van der Waals surface area contributed by atoms with Gasteiger partial charge in [-0.2, -0.15) is 0 Å². The van der Waals surface area contributed by atoms with Crippen LogP contribution in [0.3, 0.4) is 0 Å². The Hall–Kier alpha value is -3.15. The topological polar surface area (TPSA) is 87.3 Å². The van der Waals surface area contributed by atoms with Crippen molar-refractivity contribution in [2.24, 2.45) is 5.92 Å². The SMILES string of the molecule is CNC(=O)c1c(C)cccc1NC(=O)c1ccc(NC(=O)C(C)C)cc1. The summed E-state index contributed by atoms with van der Waals surface area (Å²) in [6.45, 7) is 5.43. The van der Waals surface area contributed by atoms with Crippen molar-refractivity contribution in [3.8, 4) is 0 Å². The van der Waals surface area contributed by atoms with Crippen LogP contribution in [-0.4, -0.2) is 24.8 Å². The molecule has 2 aromatic carbocycles. The number of hydrogen-bond acceptors (Lipinski definition) is 3. The number of aryl methyl sites for hydroxylation is 1. The molecule has 0 aliphatic carbocycles. The summed E-state index contributed by atoms with van der Waals surface area (Å²) in [6.07, 6.45) is 0. The lowest BCUT2D eigenvalue weighted by molar-refractivity contribution is -0.118. The number of nitrogens with one attached hydrogen (secondary N) is 3. The molecule has 0 aromatic heterocycles. The molecule has 0 spiro atoms. The molecule has 0 saturated heterocycles. The van der Waals surface area contributed by atoms with Gasteiger partial charge in [-0.25, -0.2) is 0 Å². The molecule has 0 heterocycles. The lowest BCUT2D eigenvalue weighted by Crippen LogP contribution is -2.22. The second-order valence-electron chi connectivity index (χ2n) is 6.25. The highest BCUT2D eigenvalue weighted by atomic mass is 16.2. The molecular formula is C20H23N3O3. The molecule has 26 heavy (non-hydrogen) atoms. The number of carbonyl (C=O) groups excluding carboxylic acids is 3. The smallest absolute Gasteiger partial charge is 0.255 e. The van der Waals surface area contributed by atoms with Gasteiger partial charge in [0.15, 0.2) is 0 Å². The van der Waals surface area contributed by atoms with Gasteiger partial charge in [0.05, 0.1) is 11.3 Å². The normalized spacial score (nSPS) is 10.3. The van der Waals surface area contributed by atoms with Gasteiger partial charge in [-0.3, -0.25) is 14.4 Å². The highest BCUT2D eigenvalue weighted by Gasteiger charge is 2.16.